The minimum atomic E-state index is -1.24. The second-order valence-electron chi connectivity index (χ2n) is 9.93. The Hall–Kier alpha value is -2.19. The topological polar surface area (TPSA) is 50.3 Å². The van der Waals surface area contributed by atoms with Gasteiger partial charge in [-0.25, -0.2) is 13.2 Å². The fourth-order valence-electron chi connectivity index (χ4n) is 5.86. The molecule has 32 heavy (non-hydrogen) atoms. The Kier molecular flexibility index (Phi) is 5.84. The number of likely N-dealkylation sites (tertiary alicyclic amines) is 1. The summed E-state index contributed by atoms with van der Waals surface area (Å²) in [6, 6.07) is 4.99. The molecule has 1 aliphatic carbocycles. The Bertz CT molecular complexity index is 966. The molecule has 1 aromatic heterocycles. The summed E-state index contributed by atoms with van der Waals surface area (Å²) in [6.07, 6.45) is 4.48. The number of hydrogen-bond acceptors (Lipinski definition) is 5. The van der Waals surface area contributed by atoms with Gasteiger partial charge in [-0.1, -0.05) is 6.92 Å². The molecule has 1 N–H and O–H groups in total. The number of benzene rings is 1. The molecule has 0 amide bonds. The van der Waals surface area contributed by atoms with Gasteiger partial charge in [-0.3, -0.25) is 0 Å². The van der Waals surface area contributed by atoms with Crippen molar-refractivity contribution in [2.45, 2.75) is 38.6 Å². The van der Waals surface area contributed by atoms with Crippen LogP contribution in [-0.2, 0) is 4.74 Å². The monoisotopic (exact) mass is 446 g/mol. The lowest BCUT2D eigenvalue weighted by molar-refractivity contribution is 0.0539. The molecule has 2 aliphatic heterocycles. The van der Waals surface area contributed by atoms with E-state index in [1.807, 2.05) is 0 Å². The number of nitrogens with zero attached hydrogens (tertiary/aromatic N) is 3. The lowest BCUT2D eigenvalue weighted by Gasteiger charge is -2.29. The third kappa shape index (κ3) is 4.35. The van der Waals surface area contributed by atoms with Crippen molar-refractivity contribution >= 4 is 5.82 Å². The van der Waals surface area contributed by atoms with E-state index in [-0.39, 0.29) is 11.3 Å². The number of hydrogen-bond donors (Lipinski definition) is 1. The zero-order chi connectivity index (χ0) is 22.3. The zero-order valence-electron chi connectivity index (χ0n) is 18.3. The summed E-state index contributed by atoms with van der Waals surface area (Å²) in [7, 11) is 0. The Labute approximate surface area is 186 Å². The van der Waals surface area contributed by atoms with Gasteiger partial charge in [0, 0.05) is 50.5 Å². The molecule has 2 aromatic rings. The fraction of sp³-hybridized carbons (Fsp3) is 0.583. The predicted octanol–water partition coefficient (Wildman–Crippen LogP) is 4.50. The molecular formula is C24H29F3N4O. The number of halogens is 3. The first kappa shape index (κ1) is 21.6. The van der Waals surface area contributed by atoms with E-state index < -0.39 is 17.5 Å². The first-order valence-corrected chi connectivity index (χ1v) is 11.4. The number of ether oxygens (including phenoxy) is 1. The molecule has 172 valence electrons. The smallest absolute Gasteiger partial charge is 0.168 e. The third-order valence-corrected chi connectivity index (χ3v) is 7.47. The van der Waals surface area contributed by atoms with E-state index in [0.717, 1.165) is 51.1 Å². The van der Waals surface area contributed by atoms with Crippen molar-refractivity contribution in [2.24, 2.45) is 17.3 Å². The second kappa shape index (κ2) is 8.63. The van der Waals surface area contributed by atoms with Crippen LogP contribution in [0.1, 0.15) is 32.6 Å². The van der Waals surface area contributed by atoms with E-state index in [4.69, 9.17) is 4.74 Å². The SMILES string of the molecule is C[C@@]12C[C@@H](Nc3ccc(-c4cc(F)cc(F)c4F)nn3)C[C@@H]1CN(CC1CCOCC1)C2. The highest BCUT2D eigenvalue weighted by atomic mass is 19.2. The van der Waals surface area contributed by atoms with E-state index in [9.17, 15) is 13.2 Å². The Morgan fingerprint density at radius 3 is 2.69 bits per heavy atom. The predicted molar refractivity (Wildman–Crippen MR) is 116 cm³/mol. The maximum atomic E-state index is 14.0. The van der Waals surface area contributed by atoms with E-state index in [0.29, 0.717) is 29.3 Å². The van der Waals surface area contributed by atoms with E-state index >= 15 is 0 Å². The van der Waals surface area contributed by atoms with Crippen LogP contribution < -0.4 is 5.32 Å². The summed E-state index contributed by atoms with van der Waals surface area (Å²) in [5.74, 6) is -1.20. The van der Waals surface area contributed by atoms with Gasteiger partial charge in [0.2, 0.25) is 0 Å². The highest BCUT2D eigenvalue weighted by molar-refractivity contribution is 5.60. The van der Waals surface area contributed by atoms with Crippen LogP contribution in [0.15, 0.2) is 24.3 Å². The molecule has 3 aliphatic rings. The molecule has 0 radical (unpaired) electrons. The van der Waals surface area contributed by atoms with Gasteiger partial charge in [0.15, 0.2) is 11.6 Å². The summed E-state index contributed by atoms with van der Waals surface area (Å²) < 4.78 is 46.5. The van der Waals surface area contributed by atoms with E-state index in [1.54, 1.807) is 12.1 Å². The molecule has 0 unspecified atom stereocenters. The lowest BCUT2D eigenvalue weighted by Crippen LogP contribution is -2.33. The molecule has 3 heterocycles. The van der Waals surface area contributed by atoms with Crippen LogP contribution in [0.2, 0.25) is 0 Å². The molecule has 5 rings (SSSR count). The molecule has 0 spiro atoms. The number of rotatable bonds is 5. The minimum Gasteiger partial charge on any atom is -0.381 e. The van der Waals surface area contributed by atoms with Crippen molar-refractivity contribution in [3.05, 3.63) is 41.7 Å². The van der Waals surface area contributed by atoms with Gasteiger partial charge in [-0.05, 0) is 61.1 Å². The highest BCUT2D eigenvalue weighted by Gasteiger charge is 2.49. The molecule has 1 saturated carbocycles. The molecule has 1 aromatic carbocycles. The van der Waals surface area contributed by atoms with Crippen molar-refractivity contribution in [3.8, 4) is 11.3 Å². The second-order valence-corrected chi connectivity index (χ2v) is 9.93. The van der Waals surface area contributed by atoms with Gasteiger partial charge in [-0.2, -0.15) is 0 Å². The van der Waals surface area contributed by atoms with Gasteiger partial charge in [0.05, 0.1) is 5.69 Å². The molecule has 8 heteroatoms. The van der Waals surface area contributed by atoms with Crippen LogP contribution in [-0.4, -0.2) is 54.0 Å². The molecule has 3 fully saturated rings. The summed E-state index contributed by atoms with van der Waals surface area (Å²) in [4.78, 5) is 2.64. The molecule has 3 atom stereocenters. The standard InChI is InChI=1S/C24H29F3N4O/c1-24-11-18(8-16(24)13-31(14-24)12-15-4-6-32-7-5-15)28-22-3-2-21(29-30-22)19-9-17(25)10-20(26)23(19)27/h2-3,9-10,15-16,18H,4-8,11-14H2,1H3,(H,28,30)/t16-,18+,24+/m1/s1. The number of anilines is 1. The summed E-state index contributed by atoms with van der Waals surface area (Å²) in [6.45, 7) is 7.62. The number of aromatic nitrogens is 2. The molecule has 5 nitrogen and oxygen atoms in total. The average molecular weight is 447 g/mol. The van der Waals surface area contributed by atoms with Crippen LogP contribution in [0.4, 0.5) is 19.0 Å². The summed E-state index contributed by atoms with van der Waals surface area (Å²) in [5, 5.41) is 11.6. The first-order valence-electron chi connectivity index (χ1n) is 11.4. The maximum Gasteiger partial charge on any atom is 0.168 e. The minimum absolute atomic E-state index is 0.102. The zero-order valence-corrected chi connectivity index (χ0v) is 18.3. The first-order chi connectivity index (χ1) is 15.4. The van der Waals surface area contributed by atoms with E-state index in [2.05, 4.69) is 27.3 Å². The Morgan fingerprint density at radius 1 is 1.16 bits per heavy atom. The maximum absolute atomic E-state index is 14.0. The van der Waals surface area contributed by atoms with Crippen LogP contribution in [0.5, 0.6) is 0 Å². The van der Waals surface area contributed by atoms with Gasteiger partial charge >= 0.3 is 0 Å². The number of fused-ring (bicyclic) bond motifs is 1. The van der Waals surface area contributed by atoms with Gasteiger partial charge in [-0.15, -0.1) is 10.2 Å². The molecule has 2 saturated heterocycles. The van der Waals surface area contributed by atoms with Crippen LogP contribution in [0.3, 0.4) is 0 Å². The van der Waals surface area contributed by atoms with Gasteiger partial charge in [0.1, 0.15) is 11.6 Å². The summed E-state index contributed by atoms with van der Waals surface area (Å²) >= 11 is 0. The molecular weight excluding hydrogens is 417 g/mol. The summed E-state index contributed by atoms with van der Waals surface area (Å²) in [5.41, 5.74) is 0.165. The number of nitrogens with one attached hydrogen (secondary N) is 1. The quantitative estimate of drug-likeness (QED) is 0.686. The van der Waals surface area contributed by atoms with Crippen LogP contribution >= 0.6 is 0 Å². The van der Waals surface area contributed by atoms with Crippen molar-refractivity contribution in [3.63, 3.8) is 0 Å². The van der Waals surface area contributed by atoms with Gasteiger partial charge in [0.25, 0.3) is 0 Å². The Morgan fingerprint density at radius 2 is 1.97 bits per heavy atom. The third-order valence-electron chi connectivity index (χ3n) is 7.47. The van der Waals surface area contributed by atoms with Crippen molar-refractivity contribution in [2.75, 3.05) is 38.2 Å². The lowest BCUT2D eigenvalue weighted by atomic mass is 9.83. The fourth-order valence-corrected chi connectivity index (χ4v) is 5.86. The van der Waals surface area contributed by atoms with Crippen LogP contribution in [0.25, 0.3) is 11.3 Å². The van der Waals surface area contributed by atoms with Crippen molar-refractivity contribution in [1.29, 1.82) is 0 Å². The normalized spacial score (nSPS) is 28.8. The highest BCUT2D eigenvalue weighted by Crippen LogP contribution is 2.49. The average Bonchev–Trinajstić information content (AvgIpc) is 3.22. The molecule has 0 bridgehead atoms. The van der Waals surface area contributed by atoms with Crippen molar-refractivity contribution < 1.29 is 17.9 Å². The Balaban J connectivity index is 1.19. The van der Waals surface area contributed by atoms with Gasteiger partial charge < -0.3 is 15.0 Å². The van der Waals surface area contributed by atoms with Crippen LogP contribution in [0, 0.1) is 34.7 Å². The van der Waals surface area contributed by atoms with E-state index in [1.165, 1.54) is 19.4 Å². The van der Waals surface area contributed by atoms with Crippen molar-refractivity contribution in [1.82, 2.24) is 15.1 Å². The largest absolute Gasteiger partial charge is 0.381 e.